The maximum Gasteiger partial charge on any atom is 0.329 e. The van der Waals surface area contributed by atoms with Crippen LogP contribution in [0.5, 0.6) is 11.5 Å². The molecule has 0 fully saturated rings. The Morgan fingerprint density at radius 2 is 1.68 bits per heavy atom. The normalized spacial score (nSPS) is 10.6. The van der Waals surface area contributed by atoms with E-state index in [1.54, 1.807) is 30.3 Å². The number of anilines is 1. The van der Waals surface area contributed by atoms with E-state index in [1.165, 1.54) is 6.21 Å². The topological polar surface area (TPSA) is 118 Å². The Balaban J connectivity index is 1.53. The van der Waals surface area contributed by atoms with Crippen molar-refractivity contribution in [3.8, 4) is 11.5 Å². The van der Waals surface area contributed by atoms with Gasteiger partial charge < -0.3 is 20.1 Å². The fraction of sp³-hybridized carbons (Fsp3) is 0.214. The van der Waals surface area contributed by atoms with E-state index in [9.17, 15) is 14.4 Å². The van der Waals surface area contributed by atoms with Crippen LogP contribution in [0.25, 0.3) is 0 Å². The van der Waals surface area contributed by atoms with E-state index in [4.69, 9.17) is 9.47 Å². The molecular weight excluding hydrogens is 472 g/mol. The van der Waals surface area contributed by atoms with Crippen LogP contribution in [-0.4, -0.2) is 37.1 Å². The molecule has 0 aliphatic heterocycles. The predicted octanol–water partition coefficient (Wildman–Crippen LogP) is 3.49. The number of nitrogens with one attached hydrogen (secondary N) is 3. The summed E-state index contributed by atoms with van der Waals surface area (Å²) in [5.74, 6) is -1.18. The zero-order valence-electron chi connectivity index (χ0n) is 21.0. The molecule has 3 amide bonds. The molecule has 0 aliphatic rings. The van der Waals surface area contributed by atoms with Crippen molar-refractivity contribution in [1.29, 1.82) is 0 Å². The van der Waals surface area contributed by atoms with Crippen LogP contribution in [0.3, 0.4) is 0 Å². The van der Waals surface area contributed by atoms with Crippen LogP contribution in [0, 0.1) is 13.8 Å². The molecule has 3 aromatic rings. The van der Waals surface area contributed by atoms with Gasteiger partial charge in [-0.15, -0.1) is 0 Å². The van der Waals surface area contributed by atoms with Gasteiger partial charge in [0.25, 0.3) is 5.91 Å². The molecule has 0 bridgehead atoms. The van der Waals surface area contributed by atoms with Gasteiger partial charge in [0.2, 0.25) is 0 Å². The van der Waals surface area contributed by atoms with E-state index < -0.39 is 11.8 Å². The average molecular weight is 503 g/mol. The zero-order chi connectivity index (χ0) is 26.6. The largest absolute Gasteiger partial charge is 0.490 e. The molecule has 3 N–H and O–H groups in total. The Labute approximate surface area is 215 Å². The Kier molecular flexibility index (Phi) is 9.78. The average Bonchev–Trinajstić information content (AvgIpc) is 2.90. The summed E-state index contributed by atoms with van der Waals surface area (Å²) in [6.07, 6.45) is 1.38. The molecule has 0 aliphatic carbocycles. The van der Waals surface area contributed by atoms with E-state index in [1.807, 2.05) is 57.2 Å². The molecule has 0 heterocycles. The molecular formula is C28H30N4O5. The van der Waals surface area contributed by atoms with Crippen molar-refractivity contribution in [1.82, 2.24) is 10.7 Å². The number of hydrogen-bond donors (Lipinski definition) is 3. The first kappa shape index (κ1) is 26.9. The minimum atomic E-state index is -0.899. The molecule has 3 aromatic carbocycles. The number of nitrogens with zero attached hydrogens (tertiary/aromatic N) is 1. The standard InChI is InChI=1S/C28H30N4O5/c1-4-36-25-15-22(13-14-24(25)37-18-26(33)29-16-21-10-6-5-7-11-21)17-30-32-28(35)27(34)31-23-12-8-9-19(2)20(23)3/h5-15,17H,4,16,18H2,1-3H3,(H,29,33)(H,31,34)(H,32,35)/b30-17-. The van der Waals surface area contributed by atoms with Gasteiger partial charge in [-0.25, -0.2) is 5.43 Å². The first-order valence-electron chi connectivity index (χ1n) is 11.8. The van der Waals surface area contributed by atoms with Crippen molar-refractivity contribution >= 4 is 29.6 Å². The van der Waals surface area contributed by atoms with Crippen LogP contribution in [0.1, 0.15) is 29.2 Å². The lowest BCUT2D eigenvalue weighted by Crippen LogP contribution is -2.32. The van der Waals surface area contributed by atoms with Crippen molar-refractivity contribution in [3.63, 3.8) is 0 Å². The van der Waals surface area contributed by atoms with Crippen molar-refractivity contribution in [2.75, 3.05) is 18.5 Å². The van der Waals surface area contributed by atoms with Crippen molar-refractivity contribution in [2.45, 2.75) is 27.3 Å². The molecule has 0 atom stereocenters. The van der Waals surface area contributed by atoms with Gasteiger partial charge in [-0.2, -0.15) is 5.10 Å². The van der Waals surface area contributed by atoms with Crippen LogP contribution >= 0.6 is 0 Å². The summed E-state index contributed by atoms with van der Waals surface area (Å²) in [4.78, 5) is 36.5. The predicted molar refractivity (Wildman–Crippen MR) is 142 cm³/mol. The van der Waals surface area contributed by atoms with Crippen molar-refractivity contribution < 1.29 is 23.9 Å². The van der Waals surface area contributed by atoms with Crippen LogP contribution < -0.4 is 25.5 Å². The summed E-state index contributed by atoms with van der Waals surface area (Å²) >= 11 is 0. The maximum absolute atomic E-state index is 12.2. The number of benzene rings is 3. The van der Waals surface area contributed by atoms with Gasteiger partial charge in [-0.05, 0) is 67.3 Å². The second kappa shape index (κ2) is 13.4. The Bertz CT molecular complexity index is 1270. The zero-order valence-corrected chi connectivity index (χ0v) is 21.0. The summed E-state index contributed by atoms with van der Waals surface area (Å²) in [5.41, 5.74) is 6.25. The summed E-state index contributed by atoms with van der Waals surface area (Å²) in [5, 5.41) is 9.24. The fourth-order valence-electron chi connectivity index (χ4n) is 3.27. The summed E-state index contributed by atoms with van der Waals surface area (Å²) in [6, 6.07) is 20.0. The van der Waals surface area contributed by atoms with Gasteiger partial charge in [0, 0.05) is 12.2 Å². The van der Waals surface area contributed by atoms with Gasteiger partial charge in [0.1, 0.15) is 0 Å². The van der Waals surface area contributed by atoms with E-state index in [2.05, 4.69) is 21.2 Å². The molecule has 0 saturated carbocycles. The van der Waals surface area contributed by atoms with Gasteiger partial charge in [-0.1, -0.05) is 42.5 Å². The molecule has 192 valence electrons. The monoisotopic (exact) mass is 502 g/mol. The summed E-state index contributed by atoms with van der Waals surface area (Å²) in [6.45, 7) is 6.22. The van der Waals surface area contributed by atoms with Crippen LogP contribution in [0.15, 0.2) is 71.8 Å². The van der Waals surface area contributed by atoms with Crippen LogP contribution in [0.4, 0.5) is 5.69 Å². The molecule has 3 rings (SSSR count). The molecule has 0 saturated heterocycles. The first-order chi connectivity index (χ1) is 17.9. The summed E-state index contributed by atoms with van der Waals surface area (Å²) in [7, 11) is 0. The number of ether oxygens (including phenoxy) is 2. The lowest BCUT2D eigenvalue weighted by molar-refractivity contribution is -0.136. The molecule has 9 nitrogen and oxygen atoms in total. The van der Waals surface area contributed by atoms with E-state index >= 15 is 0 Å². The van der Waals surface area contributed by atoms with Crippen molar-refractivity contribution in [3.05, 3.63) is 89.0 Å². The number of hydrogen-bond acceptors (Lipinski definition) is 6. The highest BCUT2D eigenvalue weighted by Gasteiger charge is 2.14. The van der Waals surface area contributed by atoms with E-state index in [-0.39, 0.29) is 12.5 Å². The second-order valence-corrected chi connectivity index (χ2v) is 8.09. The molecule has 0 spiro atoms. The maximum atomic E-state index is 12.2. The molecule has 37 heavy (non-hydrogen) atoms. The lowest BCUT2D eigenvalue weighted by Gasteiger charge is -2.12. The highest BCUT2D eigenvalue weighted by Crippen LogP contribution is 2.28. The quantitative estimate of drug-likeness (QED) is 0.223. The number of hydrazone groups is 1. The third kappa shape index (κ3) is 8.21. The minimum Gasteiger partial charge on any atom is -0.490 e. The Morgan fingerprint density at radius 3 is 2.43 bits per heavy atom. The van der Waals surface area contributed by atoms with E-state index in [0.717, 1.165) is 16.7 Å². The highest BCUT2D eigenvalue weighted by molar-refractivity contribution is 6.39. The van der Waals surface area contributed by atoms with E-state index in [0.29, 0.717) is 35.9 Å². The molecule has 0 unspecified atom stereocenters. The first-order valence-corrected chi connectivity index (χ1v) is 11.8. The SMILES string of the molecule is CCOc1cc(/C=N\NC(=O)C(=O)Nc2cccc(C)c2C)ccc1OCC(=O)NCc1ccccc1. The summed E-state index contributed by atoms with van der Waals surface area (Å²) < 4.78 is 11.3. The van der Waals surface area contributed by atoms with Gasteiger partial charge in [-0.3, -0.25) is 14.4 Å². The van der Waals surface area contributed by atoms with Crippen molar-refractivity contribution in [2.24, 2.45) is 5.10 Å². The van der Waals surface area contributed by atoms with Gasteiger partial charge in [0.05, 0.1) is 12.8 Å². The molecule has 0 aromatic heterocycles. The smallest absolute Gasteiger partial charge is 0.329 e. The minimum absolute atomic E-state index is 0.175. The van der Waals surface area contributed by atoms with Gasteiger partial charge in [0.15, 0.2) is 18.1 Å². The number of amides is 3. The lowest BCUT2D eigenvalue weighted by atomic mass is 10.1. The molecule has 0 radical (unpaired) electrons. The van der Waals surface area contributed by atoms with Crippen LogP contribution in [0.2, 0.25) is 0 Å². The number of aryl methyl sites for hydroxylation is 1. The second-order valence-electron chi connectivity index (χ2n) is 8.09. The fourth-order valence-corrected chi connectivity index (χ4v) is 3.27. The number of carbonyl (C=O) groups excluding carboxylic acids is 3. The van der Waals surface area contributed by atoms with Gasteiger partial charge >= 0.3 is 11.8 Å². The third-order valence-corrected chi connectivity index (χ3v) is 5.40. The Morgan fingerprint density at radius 1 is 0.892 bits per heavy atom. The number of carbonyl (C=O) groups is 3. The highest BCUT2D eigenvalue weighted by atomic mass is 16.5. The third-order valence-electron chi connectivity index (χ3n) is 5.40. The Hall–Kier alpha value is -4.66. The van der Waals surface area contributed by atoms with Crippen LogP contribution in [-0.2, 0) is 20.9 Å². The molecule has 9 heteroatoms. The number of rotatable bonds is 10.